The Labute approximate surface area is 170 Å². The molecule has 146 valence electrons. The van der Waals surface area contributed by atoms with Crippen molar-refractivity contribution in [2.45, 2.75) is 31.8 Å². The third-order valence-corrected chi connectivity index (χ3v) is 6.09. The lowest BCUT2D eigenvalue weighted by Crippen LogP contribution is -2.47. The first-order chi connectivity index (χ1) is 14.2. The van der Waals surface area contributed by atoms with Crippen molar-refractivity contribution in [3.63, 3.8) is 0 Å². The Morgan fingerprint density at radius 3 is 2.66 bits per heavy atom. The zero-order valence-electron chi connectivity index (χ0n) is 16.5. The lowest BCUT2D eigenvalue weighted by Gasteiger charge is -2.34. The van der Waals surface area contributed by atoms with Gasteiger partial charge in [0.05, 0.1) is 11.7 Å². The molecular weight excluding hydrogens is 360 g/mol. The molecule has 1 N–H and O–H groups in total. The van der Waals surface area contributed by atoms with Crippen LogP contribution in [0.3, 0.4) is 0 Å². The number of hydrogen-bond acceptors (Lipinski definition) is 4. The largest absolute Gasteiger partial charge is 0.365 e. The van der Waals surface area contributed by atoms with E-state index in [0.29, 0.717) is 5.92 Å². The van der Waals surface area contributed by atoms with Gasteiger partial charge < -0.3 is 10.2 Å². The highest BCUT2D eigenvalue weighted by Crippen LogP contribution is 2.40. The second kappa shape index (κ2) is 7.32. The number of benzene rings is 1. The molecule has 1 aliphatic heterocycles. The Balaban J connectivity index is 1.39. The number of pyridine rings is 2. The van der Waals surface area contributed by atoms with Crippen LogP contribution in [0.15, 0.2) is 67.0 Å². The smallest absolute Gasteiger partial charge is 0.254 e. The number of rotatable bonds is 4. The van der Waals surface area contributed by atoms with Crippen LogP contribution in [0.4, 0.5) is 5.82 Å². The van der Waals surface area contributed by atoms with E-state index < -0.39 is 0 Å². The predicted octanol–water partition coefficient (Wildman–Crippen LogP) is 4.17. The second-order valence-corrected chi connectivity index (χ2v) is 8.09. The lowest BCUT2D eigenvalue weighted by molar-refractivity contribution is 0.0693. The van der Waals surface area contributed by atoms with E-state index in [1.165, 1.54) is 0 Å². The van der Waals surface area contributed by atoms with Crippen LogP contribution >= 0.6 is 0 Å². The van der Waals surface area contributed by atoms with Crippen LogP contribution in [0.5, 0.6) is 0 Å². The van der Waals surface area contributed by atoms with Crippen molar-refractivity contribution in [1.82, 2.24) is 14.9 Å². The van der Waals surface area contributed by atoms with Crippen LogP contribution in [-0.2, 0) is 0 Å². The fourth-order valence-electron chi connectivity index (χ4n) is 4.73. The van der Waals surface area contributed by atoms with E-state index in [4.69, 9.17) is 0 Å². The maximum Gasteiger partial charge on any atom is 0.254 e. The minimum absolute atomic E-state index is 0.0992. The van der Waals surface area contributed by atoms with Gasteiger partial charge in [0.1, 0.15) is 5.82 Å². The molecule has 2 bridgehead atoms. The van der Waals surface area contributed by atoms with Gasteiger partial charge in [-0.2, -0.15) is 0 Å². The standard InChI is InChI=1S/C24H24N4O/c1-16-9-10-23(26-14-16)27-21-12-17-13-22(21)28(15-17)24(29)19-7-3-2-6-18(19)20-8-4-5-11-25-20/h2-11,14,17,21-22H,12-13,15H2,1H3,(H,26,27). The number of carbonyl (C=O) groups excluding carboxylic acids is 1. The monoisotopic (exact) mass is 384 g/mol. The number of likely N-dealkylation sites (tertiary alicyclic amines) is 1. The molecular formula is C24H24N4O. The molecule has 2 fully saturated rings. The van der Waals surface area contributed by atoms with E-state index in [9.17, 15) is 4.79 Å². The van der Waals surface area contributed by atoms with Gasteiger partial charge in [-0.3, -0.25) is 9.78 Å². The topological polar surface area (TPSA) is 58.1 Å². The van der Waals surface area contributed by atoms with Gasteiger partial charge in [-0.05, 0) is 55.5 Å². The first kappa shape index (κ1) is 17.9. The predicted molar refractivity (Wildman–Crippen MR) is 114 cm³/mol. The van der Waals surface area contributed by atoms with Crippen molar-refractivity contribution in [3.05, 3.63) is 78.1 Å². The Morgan fingerprint density at radius 2 is 1.90 bits per heavy atom. The van der Waals surface area contributed by atoms with E-state index in [-0.39, 0.29) is 18.0 Å². The maximum absolute atomic E-state index is 13.5. The third kappa shape index (κ3) is 3.37. The van der Waals surface area contributed by atoms with Gasteiger partial charge in [0, 0.05) is 36.1 Å². The van der Waals surface area contributed by atoms with Crippen LogP contribution in [0.25, 0.3) is 11.3 Å². The molecule has 3 heterocycles. The number of piperidine rings is 1. The minimum Gasteiger partial charge on any atom is -0.365 e. The van der Waals surface area contributed by atoms with Gasteiger partial charge in [0.25, 0.3) is 5.91 Å². The lowest BCUT2D eigenvalue weighted by atomic mass is 10.00. The van der Waals surface area contributed by atoms with Gasteiger partial charge in [-0.1, -0.05) is 30.3 Å². The highest BCUT2D eigenvalue weighted by atomic mass is 16.2. The number of carbonyl (C=O) groups is 1. The van der Waals surface area contributed by atoms with Gasteiger partial charge in [-0.25, -0.2) is 4.98 Å². The highest BCUT2D eigenvalue weighted by molar-refractivity contribution is 6.01. The van der Waals surface area contributed by atoms with E-state index in [0.717, 1.165) is 47.6 Å². The summed E-state index contributed by atoms with van der Waals surface area (Å²) in [6.07, 6.45) is 5.79. The molecule has 5 rings (SSSR count). The molecule has 3 aromatic rings. The normalized spacial score (nSPS) is 22.7. The summed E-state index contributed by atoms with van der Waals surface area (Å²) in [6.45, 7) is 2.87. The summed E-state index contributed by atoms with van der Waals surface area (Å²) in [5.41, 5.74) is 3.60. The van der Waals surface area contributed by atoms with Crippen molar-refractivity contribution in [2.75, 3.05) is 11.9 Å². The van der Waals surface area contributed by atoms with Crippen molar-refractivity contribution >= 4 is 11.7 Å². The summed E-state index contributed by atoms with van der Waals surface area (Å²) >= 11 is 0. The Hall–Kier alpha value is -3.21. The molecule has 3 atom stereocenters. The van der Waals surface area contributed by atoms with Crippen LogP contribution in [0.2, 0.25) is 0 Å². The Bertz CT molecular complexity index is 1020. The number of nitrogens with one attached hydrogen (secondary N) is 1. The molecule has 5 heteroatoms. The molecule has 1 aromatic carbocycles. The van der Waals surface area contributed by atoms with E-state index in [1.807, 2.05) is 61.7 Å². The number of aromatic nitrogens is 2. The first-order valence-electron chi connectivity index (χ1n) is 10.2. The number of nitrogens with zero attached hydrogens (tertiary/aromatic N) is 3. The Kier molecular flexibility index (Phi) is 4.51. The fraction of sp³-hybridized carbons (Fsp3) is 0.292. The number of amides is 1. The van der Waals surface area contributed by atoms with Crippen molar-refractivity contribution in [1.29, 1.82) is 0 Å². The molecule has 1 saturated carbocycles. The van der Waals surface area contributed by atoms with Crippen LogP contribution in [-0.4, -0.2) is 39.4 Å². The molecule has 2 aromatic heterocycles. The average Bonchev–Trinajstić information content (AvgIpc) is 3.36. The van der Waals surface area contributed by atoms with Crippen molar-refractivity contribution in [2.24, 2.45) is 5.92 Å². The maximum atomic E-state index is 13.5. The molecule has 5 nitrogen and oxygen atoms in total. The number of hydrogen-bond donors (Lipinski definition) is 1. The summed E-state index contributed by atoms with van der Waals surface area (Å²) in [4.78, 5) is 24.5. The molecule has 1 aliphatic carbocycles. The number of aryl methyl sites for hydroxylation is 1. The first-order valence-corrected chi connectivity index (χ1v) is 10.2. The number of anilines is 1. The SMILES string of the molecule is Cc1ccc(NC2CC3CC2N(C(=O)c2ccccc2-c2ccccn2)C3)nc1. The third-order valence-electron chi connectivity index (χ3n) is 6.09. The van der Waals surface area contributed by atoms with Gasteiger partial charge in [0.15, 0.2) is 0 Å². The Morgan fingerprint density at radius 1 is 1.03 bits per heavy atom. The summed E-state index contributed by atoms with van der Waals surface area (Å²) in [5, 5.41) is 3.56. The molecule has 29 heavy (non-hydrogen) atoms. The second-order valence-electron chi connectivity index (χ2n) is 8.09. The van der Waals surface area contributed by atoms with Crippen LogP contribution < -0.4 is 5.32 Å². The highest BCUT2D eigenvalue weighted by Gasteiger charge is 2.47. The summed E-state index contributed by atoms with van der Waals surface area (Å²) < 4.78 is 0. The van der Waals surface area contributed by atoms with Gasteiger partial charge >= 0.3 is 0 Å². The van der Waals surface area contributed by atoms with E-state index >= 15 is 0 Å². The van der Waals surface area contributed by atoms with Crippen molar-refractivity contribution in [3.8, 4) is 11.3 Å². The zero-order chi connectivity index (χ0) is 19.8. The average molecular weight is 384 g/mol. The molecule has 2 aliphatic rings. The van der Waals surface area contributed by atoms with Crippen LogP contribution in [0, 0.1) is 12.8 Å². The van der Waals surface area contributed by atoms with E-state index in [1.54, 1.807) is 6.20 Å². The minimum atomic E-state index is 0.0992. The van der Waals surface area contributed by atoms with Gasteiger partial charge in [-0.15, -0.1) is 0 Å². The molecule has 3 unspecified atom stereocenters. The van der Waals surface area contributed by atoms with Gasteiger partial charge in [0.2, 0.25) is 0 Å². The quantitative estimate of drug-likeness (QED) is 0.734. The van der Waals surface area contributed by atoms with E-state index in [2.05, 4.69) is 26.3 Å². The summed E-state index contributed by atoms with van der Waals surface area (Å²) in [7, 11) is 0. The molecule has 1 amide bonds. The fourth-order valence-corrected chi connectivity index (χ4v) is 4.73. The molecule has 0 radical (unpaired) electrons. The number of fused-ring (bicyclic) bond motifs is 2. The molecule has 0 spiro atoms. The zero-order valence-corrected chi connectivity index (χ0v) is 16.5. The summed E-state index contributed by atoms with van der Waals surface area (Å²) in [5.74, 6) is 1.53. The summed E-state index contributed by atoms with van der Waals surface area (Å²) in [6, 6.07) is 18.1. The van der Waals surface area contributed by atoms with Crippen molar-refractivity contribution < 1.29 is 4.79 Å². The molecule has 1 saturated heterocycles. The van der Waals surface area contributed by atoms with Crippen LogP contribution in [0.1, 0.15) is 28.8 Å².